The SMILES string of the molecule is C[N+]1=C(/C=C/C=C/C=C2\N(CCCCCC(=O)O)c3ccc4c(S(=O)(=O)O)cc(S(=O)(=O)O)cc4c3C2(C)C)C(C)(C)c2c1ccc1c(S(=O)(=O)O)cc(S(=O)(=O)O)cc21. The molecule has 2 heterocycles. The summed E-state index contributed by atoms with van der Waals surface area (Å²) in [6.07, 6.45) is 10.5. The van der Waals surface area contributed by atoms with Crippen molar-refractivity contribution in [3.63, 3.8) is 0 Å². The number of hydrogen-bond acceptors (Lipinski definition) is 10. The molecule has 4 aromatic carbocycles. The van der Waals surface area contributed by atoms with Gasteiger partial charge in [-0.2, -0.15) is 38.2 Å². The molecule has 320 valence electrons. The molecule has 0 aliphatic carbocycles. The van der Waals surface area contributed by atoms with Crippen molar-refractivity contribution >= 4 is 85.1 Å². The minimum absolute atomic E-state index is 0.00910. The van der Waals surface area contributed by atoms with Gasteiger partial charge >= 0.3 is 5.97 Å². The molecule has 0 saturated carbocycles. The summed E-state index contributed by atoms with van der Waals surface area (Å²) in [5, 5.41) is 9.59. The topological polar surface area (TPSA) is 261 Å². The van der Waals surface area contributed by atoms with Gasteiger partial charge in [-0.15, -0.1) is 0 Å². The predicted molar refractivity (Wildman–Crippen MR) is 224 cm³/mol. The summed E-state index contributed by atoms with van der Waals surface area (Å²) in [6.45, 7) is 7.82. The van der Waals surface area contributed by atoms with Gasteiger partial charge in [0.15, 0.2) is 5.71 Å². The van der Waals surface area contributed by atoms with Gasteiger partial charge < -0.3 is 10.0 Å². The second-order valence-electron chi connectivity index (χ2n) is 15.7. The van der Waals surface area contributed by atoms with Gasteiger partial charge in [-0.3, -0.25) is 23.0 Å². The second kappa shape index (κ2) is 15.3. The Hall–Kier alpha value is -4.80. The van der Waals surface area contributed by atoms with Crippen LogP contribution in [0.2, 0.25) is 0 Å². The first kappa shape index (κ1) is 44.7. The van der Waals surface area contributed by atoms with Crippen LogP contribution < -0.4 is 4.90 Å². The molecule has 4 aromatic rings. The molecule has 60 heavy (non-hydrogen) atoms. The molecule has 0 radical (unpaired) electrons. The molecule has 0 amide bonds. The summed E-state index contributed by atoms with van der Waals surface area (Å²) in [7, 11) is -17.9. The third-order valence-corrected chi connectivity index (χ3v) is 14.5. The van der Waals surface area contributed by atoms with Gasteiger partial charge in [-0.1, -0.05) is 44.6 Å². The van der Waals surface area contributed by atoms with Gasteiger partial charge in [0.25, 0.3) is 40.5 Å². The van der Waals surface area contributed by atoms with Crippen molar-refractivity contribution in [1.29, 1.82) is 0 Å². The molecule has 0 atom stereocenters. The highest BCUT2D eigenvalue weighted by molar-refractivity contribution is 7.87. The van der Waals surface area contributed by atoms with E-state index < -0.39 is 76.9 Å². The van der Waals surface area contributed by atoms with Crippen molar-refractivity contribution in [2.45, 2.75) is 83.8 Å². The zero-order chi connectivity index (χ0) is 44.5. The summed E-state index contributed by atoms with van der Waals surface area (Å²) < 4.78 is 140. The molecule has 20 heteroatoms. The lowest BCUT2D eigenvalue weighted by Gasteiger charge is -2.27. The van der Waals surface area contributed by atoms with E-state index in [1.807, 2.05) is 49.3 Å². The van der Waals surface area contributed by atoms with Crippen LogP contribution in [0.4, 0.5) is 11.4 Å². The van der Waals surface area contributed by atoms with Crippen molar-refractivity contribution < 1.29 is 66.4 Å². The maximum Gasteiger partial charge on any atom is 0.303 e. The molecule has 0 spiro atoms. The summed E-state index contributed by atoms with van der Waals surface area (Å²) in [5.41, 5.74) is 1.96. The number of fused-ring (bicyclic) bond motifs is 6. The van der Waals surface area contributed by atoms with Crippen molar-refractivity contribution in [1.82, 2.24) is 0 Å². The van der Waals surface area contributed by atoms with Gasteiger partial charge in [-0.25, -0.2) is 0 Å². The summed E-state index contributed by atoms with van der Waals surface area (Å²) in [5.74, 6) is -0.919. The Bertz CT molecular complexity index is 3110. The van der Waals surface area contributed by atoms with Gasteiger partial charge in [0.1, 0.15) is 16.8 Å². The Morgan fingerprint density at radius 2 is 1.18 bits per heavy atom. The van der Waals surface area contributed by atoms with E-state index >= 15 is 0 Å². The van der Waals surface area contributed by atoms with Gasteiger partial charge in [-0.05, 0) is 85.5 Å². The lowest BCUT2D eigenvalue weighted by molar-refractivity contribution is -0.401. The Labute approximate surface area is 347 Å². The number of carbonyl (C=O) groups is 1. The van der Waals surface area contributed by atoms with E-state index in [9.17, 15) is 56.7 Å². The minimum atomic E-state index is -4.95. The zero-order valence-electron chi connectivity index (χ0n) is 33.0. The highest BCUT2D eigenvalue weighted by Crippen LogP contribution is 2.52. The first-order valence-electron chi connectivity index (χ1n) is 18.4. The first-order valence-corrected chi connectivity index (χ1v) is 24.1. The third-order valence-electron chi connectivity index (χ3n) is 11.1. The van der Waals surface area contributed by atoms with Crippen molar-refractivity contribution in [3.05, 3.63) is 95.7 Å². The molecule has 0 aromatic heterocycles. The van der Waals surface area contributed by atoms with E-state index in [1.54, 1.807) is 37.4 Å². The lowest BCUT2D eigenvalue weighted by Crippen LogP contribution is -2.27. The minimum Gasteiger partial charge on any atom is -0.481 e. The van der Waals surface area contributed by atoms with E-state index in [2.05, 4.69) is 0 Å². The zero-order valence-corrected chi connectivity index (χ0v) is 36.2. The largest absolute Gasteiger partial charge is 0.481 e. The number of benzene rings is 4. The van der Waals surface area contributed by atoms with Gasteiger partial charge in [0, 0.05) is 58.2 Å². The molecule has 2 aliphatic rings. The number of allylic oxidation sites excluding steroid dienone is 6. The fourth-order valence-electron chi connectivity index (χ4n) is 8.48. The van der Waals surface area contributed by atoms with Crippen LogP contribution in [0, 0.1) is 0 Å². The predicted octanol–water partition coefficient (Wildman–Crippen LogP) is 6.42. The number of nitrogens with zero attached hydrogens (tertiary/aromatic N) is 2. The lowest BCUT2D eigenvalue weighted by atomic mass is 9.79. The van der Waals surface area contributed by atoms with Gasteiger partial charge in [0.2, 0.25) is 5.69 Å². The number of rotatable bonds is 13. The van der Waals surface area contributed by atoms with Crippen LogP contribution in [0.1, 0.15) is 64.5 Å². The van der Waals surface area contributed by atoms with E-state index in [-0.39, 0.29) is 28.0 Å². The Morgan fingerprint density at radius 3 is 1.70 bits per heavy atom. The molecule has 16 nitrogen and oxygen atoms in total. The number of anilines is 1. The molecule has 5 N–H and O–H groups in total. The fraction of sp³-hybridized carbons (Fsp3) is 0.300. The average Bonchev–Trinajstić information content (AvgIpc) is 3.46. The Balaban J connectivity index is 1.42. The molecular formula is C40H43N2O14S4+. The van der Waals surface area contributed by atoms with Crippen LogP contribution >= 0.6 is 0 Å². The first-order chi connectivity index (χ1) is 27.6. The number of carboxylic acid groups (broad SMARTS) is 1. The van der Waals surface area contributed by atoms with Gasteiger partial charge in [0.05, 0.1) is 15.2 Å². The van der Waals surface area contributed by atoms with Crippen molar-refractivity contribution in [2.24, 2.45) is 0 Å². The number of hydrogen-bond donors (Lipinski definition) is 5. The van der Waals surface area contributed by atoms with Crippen LogP contribution in [-0.4, -0.2) is 86.8 Å². The molecule has 0 fully saturated rings. The number of unbranched alkanes of at least 4 members (excludes halogenated alkanes) is 2. The number of aliphatic carboxylic acids is 1. The van der Waals surface area contributed by atoms with Crippen LogP contribution in [-0.2, 0) is 56.1 Å². The van der Waals surface area contributed by atoms with Crippen molar-refractivity contribution in [2.75, 3.05) is 18.5 Å². The normalized spacial score (nSPS) is 17.5. The second-order valence-corrected chi connectivity index (χ2v) is 21.3. The molecule has 0 unspecified atom stereocenters. The maximum atomic E-state index is 12.5. The standard InChI is InChI=1S/C40H42N2O14S4/c1-39(2)34(41(5)30-17-15-26-28(37(30)39)20-24(57(45,46)47)22-32(26)59(51,52)53)12-8-6-9-13-35-40(3,4)38-29-21-25(58(48,49)50)23-33(60(54,55)56)27(29)16-18-31(38)42(35)19-11-7-10-14-36(43)44/h6,8-9,12-13,15-18,20-23H,7,10-11,14,19H2,1-5H3,(H4-,43,44,45,46,47,48,49,50,51,52,53,54,55,56)/p+1. The van der Waals surface area contributed by atoms with E-state index in [0.717, 1.165) is 11.8 Å². The van der Waals surface area contributed by atoms with Crippen LogP contribution in [0.15, 0.2) is 104 Å². The van der Waals surface area contributed by atoms with Crippen LogP contribution in [0.3, 0.4) is 0 Å². The van der Waals surface area contributed by atoms with Crippen molar-refractivity contribution in [3.8, 4) is 0 Å². The van der Waals surface area contributed by atoms with E-state index in [4.69, 9.17) is 5.11 Å². The highest BCUT2D eigenvalue weighted by atomic mass is 32.2. The van der Waals surface area contributed by atoms with Crippen LogP contribution in [0.25, 0.3) is 21.5 Å². The fourth-order valence-corrected chi connectivity index (χ4v) is 11.2. The average molecular weight is 904 g/mol. The molecule has 2 aliphatic heterocycles. The molecule has 6 rings (SSSR count). The monoisotopic (exact) mass is 903 g/mol. The van der Waals surface area contributed by atoms with E-state index in [0.29, 0.717) is 66.1 Å². The molecular weight excluding hydrogens is 861 g/mol. The van der Waals surface area contributed by atoms with Crippen LogP contribution in [0.5, 0.6) is 0 Å². The quantitative estimate of drug-likeness (QED) is 0.0419. The number of carboxylic acids is 1. The smallest absolute Gasteiger partial charge is 0.303 e. The third kappa shape index (κ3) is 8.17. The van der Waals surface area contributed by atoms with E-state index in [1.165, 1.54) is 18.2 Å². The Kier molecular flexibility index (Phi) is 11.4. The molecule has 0 bridgehead atoms. The summed E-state index contributed by atoms with van der Waals surface area (Å²) in [6, 6.07) is 9.95. The Morgan fingerprint density at radius 1 is 0.650 bits per heavy atom. The summed E-state index contributed by atoms with van der Waals surface area (Å²) >= 11 is 0. The highest BCUT2D eigenvalue weighted by Gasteiger charge is 2.45. The summed E-state index contributed by atoms with van der Waals surface area (Å²) in [4.78, 5) is 10.3. The molecule has 0 saturated heterocycles. The maximum absolute atomic E-state index is 12.5.